The van der Waals surface area contributed by atoms with Crippen molar-refractivity contribution in [3.8, 4) is 0 Å². The van der Waals surface area contributed by atoms with Gasteiger partial charge in [0.2, 0.25) is 0 Å². The third-order valence-electron chi connectivity index (χ3n) is 15.9. The number of hydrogen-bond donors (Lipinski definition) is 0. The standard InChI is InChI=1S/C71H54N2O4/c1-41-34-55-54-37-42-30-32-48(72(46-18-10-8-11-19-46)59-28-16-24-52-50-22-14-26-57(70(2,3)4)64(50)76-66(52)59)35-44(42)39-61(54)74-68(55)69-63(41)56-38-43-31-33-49(36-45(43)40-62(56)75-69)73(47-20-12-9-13-21-47)60-29-17-25-53-51-23-15-27-58(71(5,6)7)65(51)77-67(53)60/h8-40H,1-7H3. The predicted molar refractivity (Wildman–Crippen MR) is 322 cm³/mol. The van der Waals surface area contributed by atoms with Crippen molar-refractivity contribution in [3.63, 3.8) is 0 Å². The molecular formula is C71H54N2O4. The average molecular weight is 999 g/mol. The zero-order chi connectivity index (χ0) is 52.1. The van der Waals surface area contributed by atoms with E-state index in [2.05, 4.69) is 258 Å². The number of anilines is 6. The molecular weight excluding hydrogens is 945 g/mol. The predicted octanol–water partition coefficient (Wildman–Crippen LogP) is 21.4. The quantitative estimate of drug-likeness (QED) is 0.165. The maximum absolute atomic E-state index is 6.97. The molecule has 372 valence electrons. The number of nitrogens with zero attached hydrogens (tertiary/aromatic N) is 2. The van der Waals surface area contributed by atoms with Crippen LogP contribution in [-0.4, -0.2) is 0 Å². The normalized spacial score (nSPS) is 12.6. The number of benzene rings is 11. The lowest BCUT2D eigenvalue weighted by atomic mass is 9.86. The number of furan rings is 4. The largest absolute Gasteiger partial charge is 0.454 e. The average Bonchev–Trinajstić information content (AvgIpc) is 4.25. The van der Waals surface area contributed by atoms with E-state index >= 15 is 0 Å². The van der Waals surface area contributed by atoms with Gasteiger partial charge >= 0.3 is 0 Å². The van der Waals surface area contributed by atoms with E-state index in [0.29, 0.717) is 0 Å². The van der Waals surface area contributed by atoms with Gasteiger partial charge in [0.15, 0.2) is 22.3 Å². The Labute approximate surface area is 444 Å². The summed E-state index contributed by atoms with van der Waals surface area (Å²) >= 11 is 0. The highest BCUT2D eigenvalue weighted by Crippen LogP contribution is 2.49. The molecule has 0 unspecified atom stereocenters. The van der Waals surface area contributed by atoms with Crippen molar-refractivity contribution >= 4 is 143 Å². The molecule has 77 heavy (non-hydrogen) atoms. The first-order chi connectivity index (χ1) is 37.3. The highest BCUT2D eigenvalue weighted by atomic mass is 16.4. The van der Waals surface area contributed by atoms with E-state index in [1.165, 1.54) is 11.1 Å². The minimum Gasteiger partial charge on any atom is -0.454 e. The van der Waals surface area contributed by atoms with Crippen molar-refractivity contribution in [2.45, 2.75) is 59.3 Å². The third kappa shape index (κ3) is 6.94. The van der Waals surface area contributed by atoms with E-state index in [4.69, 9.17) is 17.7 Å². The second-order valence-electron chi connectivity index (χ2n) is 23.0. The lowest BCUT2D eigenvalue weighted by molar-refractivity contribution is 0.572. The number of rotatable bonds is 6. The van der Waals surface area contributed by atoms with Crippen LogP contribution in [0.3, 0.4) is 0 Å². The van der Waals surface area contributed by atoms with Crippen LogP contribution >= 0.6 is 0 Å². The van der Waals surface area contributed by atoms with E-state index in [-0.39, 0.29) is 10.8 Å². The third-order valence-corrected chi connectivity index (χ3v) is 15.9. The Hall–Kier alpha value is -9.26. The molecule has 0 fully saturated rings. The molecule has 0 spiro atoms. The molecule has 0 aliphatic carbocycles. The van der Waals surface area contributed by atoms with Crippen LogP contribution in [0.5, 0.6) is 0 Å². The monoisotopic (exact) mass is 998 g/mol. The van der Waals surface area contributed by atoms with Crippen LogP contribution in [0.25, 0.3) is 109 Å². The molecule has 15 aromatic rings. The number of hydrogen-bond acceptors (Lipinski definition) is 6. The van der Waals surface area contributed by atoms with Crippen molar-refractivity contribution < 1.29 is 17.7 Å². The molecule has 0 saturated carbocycles. The van der Waals surface area contributed by atoms with Crippen LogP contribution < -0.4 is 9.80 Å². The van der Waals surface area contributed by atoms with Crippen LogP contribution in [0, 0.1) is 6.92 Å². The molecule has 15 rings (SSSR count). The summed E-state index contributed by atoms with van der Waals surface area (Å²) in [7, 11) is 0. The van der Waals surface area contributed by atoms with Crippen molar-refractivity contribution in [2.75, 3.05) is 9.80 Å². The van der Waals surface area contributed by atoms with Gasteiger partial charge in [0.25, 0.3) is 0 Å². The first-order valence-corrected chi connectivity index (χ1v) is 26.6. The number of fused-ring (bicyclic) bond motifs is 15. The smallest absolute Gasteiger partial charge is 0.178 e. The zero-order valence-electron chi connectivity index (χ0n) is 44.1. The zero-order valence-corrected chi connectivity index (χ0v) is 44.1. The van der Waals surface area contributed by atoms with E-state index < -0.39 is 0 Å². The summed E-state index contributed by atoms with van der Waals surface area (Å²) in [6, 6.07) is 71.6. The Morgan fingerprint density at radius 1 is 0.299 bits per heavy atom. The Morgan fingerprint density at radius 2 is 0.740 bits per heavy atom. The Bertz CT molecular complexity index is 4900. The SMILES string of the molecule is Cc1cc2c3cc4ccc(N(c5ccccc5)c5cccc6c5oc5c(C(C)(C)C)cccc56)cc4cc3oc2c2oc3cc4cc(N(c5ccccc5)c5cccc6c5oc5c(C(C)(C)C)cccc56)ccc4cc3c12. The van der Waals surface area contributed by atoms with Crippen LogP contribution in [0.15, 0.2) is 218 Å². The second-order valence-corrected chi connectivity index (χ2v) is 23.0. The van der Waals surface area contributed by atoms with Crippen molar-refractivity contribution in [1.29, 1.82) is 0 Å². The molecule has 0 saturated heterocycles. The van der Waals surface area contributed by atoms with Gasteiger partial charge in [-0.1, -0.05) is 151 Å². The highest BCUT2D eigenvalue weighted by Gasteiger charge is 2.27. The van der Waals surface area contributed by atoms with Crippen LogP contribution in [0.4, 0.5) is 34.1 Å². The van der Waals surface area contributed by atoms with Gasteiger partial charge in [-0.05, 0) is 136 Å². The van der Waals surface area contributed by atoms with Gasteiger partial charge in [0, 0.05) is 77.0 Å². The van der Waals surface area contributed by atoms with Crippen LogP contribution in [0.1, 0.15) is 58.2 Å². The minimum atomic E-state index is -0.0837. The lowest BCUT2D eigenvalue weighted by Gasteiger charge is -2.25. The fraction of sp³-hybridized carbons (Fsp3) is 0.127. The molecule has 0 N–H and O–H groups in total. The van der Waals surface area contributed by atoms with Crippen molar-refractivity contribution in [1.82, 2.24) is 0 Å². The maximum atomic E-state index is 6.97. The summed E-state index contributed by atoms with van der Waals surface area (Å²) in [5, 5.41) is 13.0. The summed E-state index contributed by atoms with van der Waals surface area (Å²) in [4.78, 5) is 4.61. The molecule has 0 atom stereocenters. The topological polar surface area (TPSA) is 59.0 Å². The van der Waals surface area contributed by atoms with Gasteiger partial charge in [0.05, 0.1) is 11.4 Å². The summed E-state index contributed by atoms with van der Waals surface area (Å²) in [5.41, 5.74) is 16.1. The molecule has 0 amide bonds. The van der Waals surface area contributed by atoms with E-state index in [1.54, 1.807) is 0 Å². The van der Waals surface area contributed by atoms with E-state index in [1.807, 2.05) is 0 Å². The van der Waals surface area contributed by atoms with Gasteiger partial charge in [-0.25, -0.2) is 0 Å². The molecule has 0 aliphatic heterocycles. The second kappa shape index (κ2) is 16.4. The van der Waals surface area contributed by atoms with Gasteiger partial charge < -0.3 is 27.5 Å². The van der Waals surface area contributed by atoms with Gasteiger partial charge in [-0.15, -0.1) is 0 Å². The minimum absolute atomic E-state index is 0.0835. The Morgan fingerprint density at radius 3 is 1.23 bits per heavy atom. The molecule has 0 radical (unpaired) electrons. The van der Waals surface area contributed by atoms with Crippen LogP contribution in [-0.2, 0) is 10.8 Å². The Kier molecular flexibility index (Phi) is 9.60. The lowest BCUT2D eigenvalue weighted by Crippen LogP contribution is -2.11. The molecule has 0 bridgehead atoms. The summed E-state index contributed by atoms with van der Waals surface area (Å²) in [6.45, 7) is 15.6. The molecule has 4 heterocycles. The van der Waals surface area contributed by atoms with Crippen LogP contribution in [0.2, 0.25) is 0 Å². The first-order valence-electron chi connectivity index (χ1n) is 26.6. The van der Waals surface area contributed by atoms with E-state index in [0.717, 1.165) is 149 Å². The fourth-order valence-corrected chi connectivity index (χ4v) is 12.3. The first kappa shape index (κ1) is 45.2. The summed E-state index contributed by atoms with van der Waals surface area (Å²) < 4.78 is 27.8. The summed E-state index contributed by atoms with van der Waals surface area (Å²) in [5.74, 6) is 0. The number of aryl methyl sites for hydroxylation is 1. The molecule has 6 nitrogen and oxygen atoms in total. The van der Waals surface area contributed by atoms with Gasteiger partial charge in [-0.3, -0.25) is 0 Å². The fourth-order valence-electron chi connectivity index (χ4n) is 12.3. The Balaban J connectivity index is 0.857. The summed E-state index contributed by atoms with van der Waals surface area (Å²) in [6.07, 6.45) is 0. The maximum Gasteiger partial charge on any atom is 0.178 e. The van der Waals surface area contributed by atoms with E-state index in [9.17, 15) is 0 Å². The highest BCUT2D eigenvalue weighted by molar-refractivity contribution is 6.23. The number of para-hydroxylation sites is 6. The van der Waals surface area contributed by atoms with Gasteiger partial charge in [-0.2, -0.15) is 0 Å². The molecule has 4 aromatic heterocycles. The molecule has 6 heteroatoms. The van der Waals surface area contributed by atoms with Gasteiger partial charge in [0.1, 0.15) is 22.3 Å². The van der Waals surface area contributed by atoms with Crippen molar-refractivity contribution in [2.24, 2.45) is 0 Å². The molecule has 11 aromatic carbocycles. The van der Waals surface area contributed by atoms with Crippen molar-refractivity contribution in [3.05, 3.63) is 217 Å². The molecule has 0 aliphatic rings.